The number of amides is 1. The summed E-state index contributed by atoms with van der Waals surface area (Å²) in [5.74, 6) is 5.29. The molecule has 0 saturated heterocycles. The van der Waals surface area contributed by atoms with E-state index >= 15 is 0 Å². The number of nitrogens with zero attached hydrogens (tertiary/aromatic N) is 2. The predicted octanol–water partition coefficient (Wildman–Crippen LogP) is 3.95. The third kappa shape index (κ3) is 4.36. The fraction of sp³-hybridized carbons (Fsp3) is 0.200. The molecule has 0 fully saturated rings. The molecule has 0 aliphatic carbocycles. The predicted molar refractivity (Wildman–Crippen MR) is 110 cm³/mol. The molecular formula is C20H16BrF3N4O2. The van der Waals surface area contributed by atoms with Crippen molar-refractivity contribution < 1.29 is 22.7 Å². The number of halogens is 4. The molecule has 6 nitrogen and oxygen atoms in total. The SMILES string of the molecule is CNC(=O)c1ccc(NCC#Cc2nc3c(Br)cccn3c2C(F)(F)F)c(OC)c1. The number of carbonyl (C=O) groups is 1. The zero-order valence-corrected chi connectivity index (χ0v) is 17.5. The first-order chi connectivity index (χ1) is 14.3. The Morgan fingerprint density at radius 3 is 2.77 bits per heavy atom. The van der Waals surface area contributed by atoms with Crippen molar-refractivity contribution >= 4 is 33.2 Å². The van der Waals surface area contributed by atoms with Crippen molar-refractivity contribution in [1.29, 1.82) is 0 Å². The molecule has 0 aliphatic rings. The van der Waals surface area contributed by atoms with E-state index in [1.807, 2.05) is 0 Å². The van der Waals surface area contributed by atoms with Gasteiger partial charge in [-0.1, -0.05) is 5.92 Å². The van der Waals surface area contributed by atoms with E-state index < -0.39 is 11.9 Å². The number of rotatable bonds is 4. The van der Waals surface area contributed by atoms with Crippen LogP contribution in [0.2, 0.25) is 0 Å². The highest BCUT2D eigenvalue weighted by Crippen LogP contribution is 2.34. The van der Waals surface area contributed by atoms with Gasteiger partial charge in [0.1, 0.15) is 11.4 Å². The van der Waals surface area contributed by atoms with Crippen LogP contribution in [0.5, 0.6) is 5.75 Å². The highest BCUT2D eigenvalue weighted by Gasteiger charge is 2.38. The number of fused-ring (bicyclic) bond motifs is 1. The summed E-state index contributed by atoms with van der Waals surface area (Å²) in [4.78, 5) is 15.7. The minimum atomic E-state index is -4.61. The molecule has 2 aromatic heterocycles. The summed E-state index contributed by atoms with van der Waals surface area (Å²) in [6.45, 7) is 0.0437. The maximum absolute atomic E-state index is 13.5. The lowest BCUT2D eigenvalue weighted by Gasteiger charge is -2.10. The monoisotopic (exact) mass is 480 g/mol. The van der Waals surface area contributed by atoms with Gasteiger partial charge in [-0.05, 0) is 52.2 Å². The van der Waals surface area contributed by atoms with Crippen LogP contribution in [-0.2, 0) is 6.18 Å². The van der Waals surface area contributed by atoms with E-state index in [2.05, 4.69) is 43.4 Å². The summed E-state index contributed by atoms with van der Waals surface area (Å²) < 4.78 is 47.3. The molecule has 3 aromatic rings. The molecule has 3 rings (SSSR count). The van der Waals surface area contributed by atoms with Crippen molar-refractivity contribution in [2.75, 3.05) is 26.0 Å². The van der Waals surface area contributed by atoms with Crippen LogP contribution < -0.4 is 15.4 Å². The van der Waals surface area contributed by atoms with Crippen LogP contribution in [0, 0.1) is 11.8 Å². The number of anilines is 1. The van der Waals surface area contributed by atoms with Gasteiger partial charge < -0.3 is 15.4 Å². The number of hydrogen-bond acceptors (Lipinski definition) is 4. The first kappa shape index (κ1) is 21.5. The first-order valence-corrected chi connectivity index (χ1v) is 9.42. The number of benzene rings is 1. The standard InChI is InChI=1S/C20H16BrF3N4O2/c1-25-19(29)12-7-8-14(16(11-12)30-2)26-9-3-6-15-17(20(22,23)24)28-10-4-5-13(21)18(28)27-15/h4-5,7-8,10-11,26H,9H2,1-2H3,(H,25,29). The van der Waals surface area contributed by atoms with E-state index in [4.69, 9.17) is 4.74 Å². The number of nitrogens with one attached hydrogen (secondary N) is 2. The van der Waals surface area contributed by atoms with E-state index in [9.17, 15) is 18.0 Å². The third-order valence-corrected chi connectivity index (χ3v) is 4.75. The number of methoxy groups -OCH3 is 1. The summed E-state index contributed by atoms with van der Waals surface area (Å²) in [5.41, 5.74) is -0.199. The second-order valence-corrected chi connectivity index (χ2v) is 6.86. The van der Waals surface area contributed by atoms with E-state index in [-0.39, 0.29) is 23.8 Å². The van der Waals surface area contributed by atoms with E-state index in [1.165, 1.54) is 26.4 Å². The van der Waals surface area contributed by atoms with Crippen LogP contribution in [0.3, 0.4) is 0 Å². The topological polar surface area (TPSA) is 67.7 Å². The van der Waals surface area contributed by atoms with Gasteiger partial charge in [0.05, 0.1) is 23.8 Å². The molecule has 156 valence electrons. The molecule has 0 unspecified atom stereocenters. The van der Waals surface area contributed by atoms with E-state index in [0.717, 1.165) is 4.40 Å². The van der Waals surface area contributed by atoms with Gasteiger partial charge in [0, 0.05) is 18.8 Å². The Bertz CT molecular complexity index is 1160. The average molecular weight is 481 g/mol. The van der Waals surface area contributed by atoms with Crippen LogP contribution in [0.4, 0.5) is 18.9 Å². The minimum Gasteiger partial charge on any atom is -0.495 e. The van der Waals surface area contributed by atoms with Gasteiger partial charge >= 0.3 is 6.18 Å². The molecule has 0 aliphatic heterocycles. The molecule has 0 atom stereocenters. The van der Waals surface area contributed by atoms with Crippen molar-refractivity contribution in [3.63, 3.8) is 0 Å². The summed E-state index contributed by atoms with van der Waals surface area (Å²) in [6, 6.07) is 7.88. The second-order valence-electron chi connectivity index (χ2n) is 6.01. The van der Waals surface area contributed by atoms with Gasteiger partial charge in [-0.25, -0.2) is 4.98 Å². The molecule has 30 heavy (non-hydrogen) atoms. The second kappa shape index (κ2) is 8.67. The van der Waals surface area contributed by atoms with Gasteiger partial charge in [0.25, 0.3) is 5.91 Å². The van der Waals surface area contributed by atoms with Crippen LogP contribution in [-0.4, -0.2) is 36.0 Å². The molecule has 2 heterocycles. The number of alkyl halides is 3. The Morgan fingerprint density at radius 2 is 2.10 bits per heavy atom. The van der Waals surface area contributed by atoms with Crippen molar-refractivity contribution in [2.24, 2.45) is 0 Å². The third-order valence-electron chi connectivity index (χ3n) is 4.14. The lowest BCUT2D eigenvalue weighted by molar-refractivity contribution is -0.142. The summed E-state index contributed by atoms with van der Waals surface area (Å²) in [5, 5.41) is 5.48. The Kier molecular flexibility index (Phi) is 6.22. The minimum absolute atomic E-state index is 0.0437. The smallest absolute Gasteiger partial charge is 0.434 e. The number of carbonyl (C=O) groups excluding carboxylic acids is 1. The molecule has 0 saturated carbocycles. The highest BCUT2D eigenvalue weighted by molar-refractivity contribution is 9.10. The molecule has 2 N–H and O–H groups in total. The maximum Gasteiger partial charge on any atom is 0.434 e. The van der Waals surface area contributed by atoms with Crippen LogP contribution >= 0.6 is 15.9 Å². The number of aromatic nitrogens is 2. The summed E-state index contributed by atoms with van der Waals surface area (Å²) in [6.07, 6.45) is -3.32. The van der Waals surface area contributed by atoms with Gasteiger partial charge in [-0.3, -0.25) is 9.20 Å². The number of pyridine rings is 1. The van der Waals surface area contributed by atoms with Crippen LogP contribution in [0.25, 0.3) is 5.65 Å². The van der Waals surface area contributed by atoms with Gasteiger partial charge in [-0.15, -0.1) is 0 Å². The number of ether oxygens (including phenoxy) is 1. The van der Waals surface area contributed by atoms with Crippen LogP contribution in [0.15, 0.2) is 41.0 Å². The molecule has 1 amide bonds. The van der Waals surface area contributed by atoms with E-state index in [1.54, 1.807) is 24.3 Å². The zero-order chi connectivity index (χ0) is 21.9. The van der Waals surface area contributed by atoms with Crippen molar-refractivity contribution in [1.82, 2.24) is 14.7 Å². The average Bonchev–Trinajstić information content (AvgIpc) is 3.10. The maximum atomic E-state index is 13.5. The summed E-state index contributed by atoms with van der Waals surface area (Å²) in [7, 11) is 2.97. The Balaban J connectivity index is 1.85. The molecule has 0 radical (unpaired) electrons. The van der Waals surface area contributed by atoms with E-state index in [0.29, 0.717) is 21.5 Å². The fourth-order valence-electron chi connectivity index (χ4n) is 2.78. The lowest BCUT2D eigenvalue weighted by Crippen LogP contribution is -2.17. The lowest BCUT2D eigenvalue weighted by atomic mass is 10.1. The molecule has 10 heteroatoms. The Labute approximate surface area is 178 Å². The molecule has 0 bridgehead atoms. The number of hydrogen-bond donors (Lipinski definition) is 2. The highest BCUT2D eigenvalue weighted by atomic mass is 79.9. The zero-order valence-electron chi connectivity index (χ0n) is 15.9. The largest absolute Gasteiger partial charge is 0.495 e. The van der Waals surface area contributed by atoms with Crippen molar-refractivity contribution in [3.8, 4) is 17.6 Å². The van der Waals surface area contributed by atoms with Gasteiger partial charge in [-0.2, -0.15) is 13.2 Å². The Morgan fingerprint density at radius 1 is 1.33 bits per heavy atom. The quantitative estimate of drug-likeness (QED) is 0.555. The van der Waals surface area contributed by atoms with Crippen molar-refractivity contribution in [3.05, 3.63) is 58.0 Å². The molecular weight excluding hydrogens is 465 g/mol. The Hall–Kier alpha value is -3.19. The van der Waals surface area contributed by atoms with Crippen molar-refractivity contribution in [2.45, 2.75) is 6.18 Å². The van der Waals surface area contributed by atoms with Crippen LogP contribution in [0.1, 0.15) is 21.7 Å². The molecule has 1 aromatic carbocycles. The van der Waals surface area contributed by atoms with Gasteiger partial charge in [0.15, 0.2) is 11.3 Å². The fourth-order valence-corrected chi connectivity index (χ4v) is 3.21. The van der Waals surface area contributed by atoms with Gasteiger partial charge in [0.2, 0.25) is 0 Å². The molecule has 0 spiro atoms. The normalized spacial score (nSPS) is 11.0. The number of imidazole rings is 1. The summed E-state index contributed by atoms with van der Waals surface area (Å²) >= 11 is 3.21. The first-order valence-electron chi connectivity index (χ1n) is 8.63.